The maximum absolute atomic E-state index is 11.1. The molecule has 4 heteroatoms. The topological polar surface area (TPSA) is 43.8 Å². The smallest absolute Gasteiger partial charge is 0.304 e. The van der Waals surface area contributed by atoms with Gasteiger partial charge < -0.3 is 10.0 Å². The Labute approximate surface area is 121 Å². The van der Waals surface area contributed by atoms with Gasteiger partial charge in [-0.05, 0) is 50.0 Å². The van der Waals surface area contributed by atoms with Gasteiger partial charge in [0.05, 0.1) is 6.42 Å². The number of hydrogen-bond donors (Lipinski definition) is 1. The molecule has 4 nitrogen and oxygen atoms in total. The Hall–Kier alpha value is -1.55. The van der Waals surface area contributed by atoms with Gasteiger partial charge in [-0.15, -0.1) is 0 Å². The summed E-state index contributed by atoms with van der Waals surface area (Å²) >= 11 is 0. The summed E-state index contributed by atoms with van der Waals surface area (Å²) in [6.45, 7) is 2.07. The van der Waals surface area contributed by atoms with Crippen LogP contribution in [0.15, 0.2) is 24.3 Å². The molecule has 0 saturated carbocycles. The number of carbonyl (C=O) groups is 1. The van der Waals surface area contributed by atoms with E-state index in [1.54, 1.807) is 0 Å². The molecule has 0 radical (unpaired) electrons. The van der Waals surface area contributed by atoms with E-state index in [9.17, 15) is 4.79 Å². The third-order valence-corrected chi connectivity index (χ3v) is 3.99. The van der Waals surface area contributed by atoms with Gasteiger partial charge in [0.2, 0.25) is 0 Å². The minimum absolute atomic E-state index is 0.125. The van der Waals surface area contributed by atoms with Gasteiger partial charge in [-0.25, -0.2) is 0 Å². The first-order chi connectivity index (χ1) is 9.56. The number of nitrogens with zero attached hydrogens (tertiary/aromatic N) is 2. The summed E-state index contributed by atoms with van der Waals surface area (Å²) < 4.78 is 0. The molecule has 1 fully saturated rings. The number of rotatable bonds is 6. The molecule has 0 aromatic heterocycles. The van der Waals surface area contributed by atoms with Crippen molar-refractivity contribution < 1.29 is 9.90 Å². The van der Waals surface area contributed by atoms with Crippen LogP contribution in [0.4, 0.5) is 5.69 Å². The van der Waals surface area contributed by atoms with Gasteiger partial charge in [0, 0.05) is 25.8 Å². The number of likely N-dealkylation sites (tertiary alicyclic amines) is 1. The van der Waals surface area contributed by atoms with E-state index in [2.05, 4.69) is 34.1 Å². The molecule has 1 unspecified atom stereocenters. The van der Waals surface area contributed by atoms with E-state index in [0.717, 1.165) is 19.5 Å². The fraction of sp³-hybridized carbons (Fsp3) is 0.562. The highest BCUT2D eigenvalue weighted by Crippen LogP contribution is 2.20. The molecular weight excluding hydrogens is 252 g/mol. The molecule has 1 aliphatic rings. The zero-order valence-corrected chi connectivity index (χ0v) is 12.4. The molecule has 110 valence electrons. The summed E-state index contributed by atoms with van der Waals surface area (Å²) in [5.74, 6) is -0.702. The second-order valence-electron chi connectivity index (χ2n) is 5.76. The van der Waals surface area contributed by atoms with Crippen molar-refractivity contribution in [1.82, 2.24) is 4.90 Å². The molecule has 2 rings (SSSR count). The molecule has 0 spiro atoms. The molecule has 1 aromatic carbocycles. The third kappa shape index (κ3) is 3.97. The lowest BCUT2D eigenvalue weighted by Gasteiger charge is -2.26. The number of carboxylic acids is 1. The van der Waals surface area contributed by atoms with Gasteiger partial charge >= 0.3 is 5.97 Å². The van der Waals surface area contributed by atoms with Crippen LogP contribution in [-0.2, 0) is 11.2 Å². The number of hydrogen-bond acceptors (Lipinski definition) is 3. The quantitative estimate of drug-likeness (QED) is 0.865. The van der Waals surface area contributed by atoms with Crippen LogP contribution < -0.4 is 4.90 Å². The summed E-state index contributed by atoms with van der Waals surface area (Å²) in [6.07, 6.45) is 3.43. The van der Waals surface area contributed by atoms with Crippen LogP contribution in [0.25, 0.3) is 0 Å². The van der Waals surface area contributed by atoms with E-state index in [4.69, 9.17) is 5.11 Å². The molecule has 1 atom stereocenters. The van der Waals surface area contributed by atoms with E-state index < -0.39 is 5.97 Å². The average Bonchev–Trinajstić information content (AvgIpc) is 2.92. The number of benzene rings is 1. The van der Waals surface area contributed by atoms with Crippen LogP contribution in [0.2, 0.25) is 0 Å². The lowest BCUT2D eigenvalue weighted by atomic mass is 10.0. The van der Waals surface area contributed by atoms with Crippen molar-refractivity contribution in [2.24, 2.45) is 0 Å². The van der Waals surface area contributed by atoms with Gasteiger partial charge in [-0.1, -0.05) is 12.1 Å². The molecule has 1 N–H and O–H groups in total. The van der Waals surface area contributed by atoms with Crippen molar-refractivity contribution in [3.05, 3.63) is 29.8 Å². The predicted molar refractivity (Wildman–Crippen MR) is 81.3 cm³/mol. The lowest BCUT2D eigenvalue weighted by molar-refractivity contribution is -0.138. The number of anilines is 1. The van der Waals surface area contributed by atoms with Crippen molar-refractivity contribution in [3.8, 4) is 0 Å². The molecule has 0 aliphatic carbocycles. The van der Waals surface area contributed by atoms with E-state index in [0.29, 0.717) is 0 Å². The molecule has 0 amide bonds. The minimum atomic E-state index is -0.702. The van der Waals surface area contributed by atoms with Crippen LogP contribution >= 0.6 is 0 Å². The predicted octanol–water partition coefficient (Wildman–Crippen LogP) is 2.23. The van der Waals surface area contributed by atoms with Crippen molar-refractivity contribution in [2.75, 3.05) is 32.1 Å². The van der Waals surface area contributed by atoms with Gasteiger partial charge in [0.1, 0.15) is 0 Å². The van der Waals surface area contributed by atoms with E-state index in [1.165, 1.54) is 24.1 Å². The first-order valence-electron chi connectivity index (χ1n) is 7.28. The van der Waals surface area contributed by atoms with Crippen LogP contribution in [0.3, 0.4) is 0 Å². The summed E-state index contributed by atoms with van der Waals surface area (Å²) in [5, 5.41) is 9.11. The highest BCUT2D eigenvalue weighted by atomic mass is 16.4. The van der Waals surface area contributed by atoms with Crippen molar-refractivity contribution >= 4 is 11.7 Å². The SMILES string of the molecule is CN(C)c1ccc(CC(CC(=O)O)N2CCCC2)cc1. The second kappa shape index (κ2) is 6.75. The van der Waals surface area contributed by atoms with Crippen LogP contribution in [-0.4, -0.2) is 49.2 Å². The normalized spacial score (nSPS) is 17.1. The molecule has 0 bridgehead atoms. The monoisotopic (exact) mass is 276 g/mol. The van der Waals surface area contributed by atoms with E-state index >= 15 is 0 Å². The maximum Gasteiger partial charge on any atom is 0.304 e. The van der Waals surface area contributed by atoms with Gasteiger partial charge in [0.25, 0.3) is 0 Å². The average molecular weight is 276 g/mol. The highest BCUT2D eigenvalue weighted by molar-refractivity contribution is 5.67. The summed E-state index contributed by atoms with van der Waals surface area (Å²) in [6, 6.07) is 8.54. The van der Waals surface area contributed by atoms with Gasteiger partial charge in [0.15, 0.2) is 0 Å². The Balaban J connectivity index is 2.04. The number of carboxylic acid groups (broad SMARTS) is 1. The van der Waals surface area contributed by atoms with Gasteiger partial charge in [-0.2, -0.15) is 0 Å². The van der Waals surface area contributed by atoms with Crippen LogP contribution in [0.1, 0.15) is 24.8 Å². The Bertz CT molecular complexity index is 436. The maximum atomic E-state index is 11.1. The van der Waals surface area contributed by atoms with E-state index in [1.807, 2.05) is 14.1 Å². The summed E-state index contributed by atoms with van der Waals surface area (Å²) in [5.41, 5.74) is 2.39. The molecule has 1 aromatic rings. The molecule has 1 heterocycles. The fourth-order valence-electron chi connectivity index (χ4n) is 2.84. The summed E-state index contributed by atoms with van der Waals surface area (Å²) in [7, 11) is 4.04. The molecular formula is C16H24N2O2. The molecule has 20 heavy (non-hydrogen) atoms. The standard InChI is InChI=1S/C16H24N2O2/c1-17(2)14-7-5-13(6-8-14)11-15(12-16(19)20)18-9-3-4-10-18/h5-8,15H,3-4,9-12H2,1-2H3,(H,19,20). The summed E-state index contributed by atoms with van der Waals surface area (Å²) in [4.78, 5) is 15.5. The first kappa shape index (κ1) is 14.9. The van der Waals surface area contributed by atoms with Crippen molar-refractivity contribution in [2.45, 2.75) is 31.7 Å². The van der Waals surface area contributed by atoms with Crippen LogP contribution in [0.5, 0.6) is 0 Å². The lowest BCUT2D eigenvalue weighted by Crippen LogP contribution is -2.36. The molecule has 1 saturated heterocycles. The molecule has 1 aliphatic heterocycles. The third-order valence-electron chi connectivity index (χ3n) is 3.99. The van der Waals surface area contributed by atoms with Gasteiger partial charge in [-0.3, -0.25) is 9.69 Å². The first-order valence-corrected chi connectivity index (χ1v) is 7.28. The van der Waals surface area contributed by atoms with Crippen molar-refractivity contribution in [1.29, 1.82) is 0 Å². The Morgan fingerprint density at radius 3 is 2.35 bits per heavy atom. The Morgan fingerprint density at radius 2 is 1.85 bits per heavy atom. The van der Waals surface area contributed by atoms with Crippen LogP contribution in [0, 0.1) is 0 Å². The van der Waals surface area contributed by atoms with E-state index in [-0.39, 0.29) is 12.5 Å². The zero-order chi connectivity index (χ0) is 14.5. The Morgan fingerprint density at radius 1 is 1.25 bits per heavy atom. The largest absolute Gasteiger partial charge is 0.481 e. The minimum Gasteiger partial charge on any atom is -0.481 e. The fourth-order valence-corrected chi connectivity index (χ4v) is 2.84. The number of aliphatic carboxylic acids is 1. The Kier molecular flexibility index (Phi) is 5.01. The van der Waals surface area contributed by atoms with Crippen molar-refractivity contribution in [3.63, 3.8) is 0 Å². The second-order valence-corrected chi connectivity index (χ2v) is 5.76. The zero-order valence-electron chi connectivity index (χ0n) is 12.4. The highest BCUT2D eigenvalue weighted by Gasteiger charge is 2.24.